The molecule has 1 unspecified atom stereocenters. The highest BCUT2D eigenvalue weighted by Gasteiger charge is 2.28. The second-order valence-corrected chi connectivity index (χ2v) is 7.72. The van der Waals surface area contributed by atoms with Gasteiger partial charge in [0.1, 0.15) is 0 Å². The van der Waals surface area contributed by atoms with E-state index in [4.69, 9.17) is 0 Å². The minimum atomic E-state index is 0.396. The molecule has 0 radical (unpaired) electrons. The first-order chi connectivity index (χ1) is 13.7. The van der Waals surface area contributed by atoms with Crippen LogP contribution in [0.5, 0.6) is 0 Å². The standard InChI is InChI=1S/C20H33N.C3H8.2C2H6/c1-3-14-20(4-2,19-12-16-21-17-13-19)15-8-7-11-18-9-5-6-10-18;1-3-2;2*1-2/h12-13,16-18H,3-11,14-15H2,1-2H3;3H2,1-2H3;2*1-2H3. The summed E-state index contributed by atoms with van der Waals surface area (Å²) in [6.45, 7) is 16.9. The monoisotopic (exact) mass is 391 g/mol. The van der Waals surface area contributed by atoms with E-state index in [0.29, 0.717) is 5.41 Å². The zero-order valence-electron chi connectivity index (χ0n) is 20.8. The van der Waals surface area contributed by atoms with Crippen LogP contribution in [0.1, 0.15) is 138 Å². The Morgan fingerprint density at radius 1 is 0.857 bits per heavy atom. The molecule has 0 bridgehead atoms. The number of rotatable bonds is 9. The molecular weight excluding hydrogens is 338 g/mol. The molecule has 1 aliphatic rings. The predicted octanol–water partition coefficient (Wildman–Crippen LogP) is 9.75. The zero-order chi connectivity index (χ0) is 21.7. The van der Waals surface area contributed by atoms with Crippen LogP contribution >= 0.6 is 0 Å². The average molecular weight is 392 g/mol. The third kappa shape index (κ3) is 11.9. The normalized spacial score (nSPS) is 15.1. The molecule has 1 heteroatoms. The third-order valence-corrected chi connectivity index (χ3v) is 5.69. The van der Waals surface area contributed by atoms with E-state index in [0.717, 1.165) is 5.92 Å². The second kappa shape index (κ2) is 20.9. The number of nitrogens with zero attached hydrogens (tertiary/aromatic N) is 1. The first-order valence-electron chi connectivity index (χ1n) is 12.6. The van der Waals surface area contributed by atoms with Crippen LogP contribution in [-0.2, 0) is 5.41 Å². The summed E-state index contributed by atoms with van der Waals surface area (Å²) in [6, 6.07) is 4.49. The molecule has 1 fully saturated rings. The molecule has 0 saturated heterocycles. The Morgan fingerprint density at radius 3 is 1.86 bits per heavy atom. The number of unbranched alkanes of at least 4 members (excludes halogenated alkanes) is 1. The van der Waals surface area contributed by atoms with Gasteiger partial charge in [0.05, 0.1) is 0 Å². The van der Waals surface area contributed by atoms with E-state index in [1.807, 2.05) is 40.1 Å². The van der Waals surface area contributed by atoms with E-state index < -0.39 is 0 Å². The maximum atomic E-state index is 4.20. The largest absolute Gasteiger partial charge is 0.265 e. The third-order valence-electron chi connectivity index (χ3n) is 5.69. The van der Waals surface area contributed by atoms with Crippen LogP contribution < -0.4 is 0 Å². The average Bonchev–Trinajstić information content (AvgIpc) is 3.28. The summed E-state index contributed by atoms with van der Waals surface area (Å²) in [5.74, 6) is 1.05. The maximum absolute atomic E-state index is 4.20. The Balaban J connectivity index is 0. The molecule has 1 nitrogen and oxygen atoms in total. The van der Waals surface area contributed by atoms with Crippen molar-refractivity contribution < 1.29 is 0 Å². The van der Waals surface area contributed by atoms with Gasteiger partial charge in [-0.2, -0.15) is 0 Å². The summed E-state index contributed by atoms with van der Waals surface area (Å²) < 4.78 is 0. The van der Waals surface area contributed by atoms with Gasteiger partial charge in [-0.15, -0.1) is 0 Å². The van der Waals surface area contributed by atoms with Crippen molar-refractivity contribution in [2.75, 3.05) is 0 Å². The first-order valence-corrected chi connectivity index (χ1v) is 12.6. The molecule has 1 aromatic rings. The summed E-state index contributed by atoms with van der Waals surface area (Å²) in [6.07, 6.45) is 20.7. The van der Waals surface area contributed by atoms with Crippen molar-refractivity contribution in [1.29, 1.82) is 0 Å². The fourth-order valence-corrected chi connectivity index (χ4v) is 4.35. The topological polar surface area (TPSA) is 12.9 Å². The van der Waals surface area contributed by atoms with Crippen molar-refractivity contribution in [3.05, 3.63) is 30.1 Å². The van der Waals surface area contributed by atoms with Crippen molar-refractivity contribution in [2.45, 2.75) is 138 Å². The lowest BCUT2D eigenvalue weighted by molar-refractivity contribution is 0.326. The molecule has 2 rings (SSSR count). The van der Waals surface area contributed by atoms with Crippen molar-refractivity contribution in [3.63, 3.8) is 0 Å². The van der Waals surface area contributed by atoms with E-state index in [9.17, 15) is 0 Å². The van der Waals surface area contributed by atoms with Gasteiger partial charge >= 0.3 is 0 Å². The smallest absolute Gasteiger partial charge is 0.0270 e. The highest BCUT2D eigenvalue weighted by atomic mass is 14.6. The van der Waals surface area contributed by atoms with E-state index in [1.165, 1.54) is 82.6 Å². The highest BCUT2D eigenvalue weighted by Crippen LogP contribution is 2.38. The molecule has 0 spiro atoms. The van der Waals surface area contributed by atoms with E-state index in [-0.39, 0.29) is 0 Å². The molecule has 1 aromatic heterocycles. The van der Waals surface area contributed by atoms with Gasteiger partial charge < -0.3 is 0 Å². The highest BCUT2D eigenvalue weighted by molar-refractivity contribution is 5.22. The molecular formula is C27H53N. The van der Waals surface area contributed by atoms with E-state index in [2.05, 4.69) is 44.8 Å². The fraction of sp³-hybridized carbons (Fsp3) is 0.815. The SMILES string of the molecule is CC.CC.CCC.CCCC(CC)(CCCCC1CCCC1)c1ccncc1. The zero-order valence-corrected chi connectivity index (χ0v) is 20.8. The molecule has 0 amide bonds. The Bertz CT molecular complexity index is 394. The molecule has 0 N–H and O–H groups in total. The Morgan fingerprint density at radius 2 is 1.39 bits per heavy atom. The van der Waals surface area contributed by atoms with Crippen molar-refractivity contribution >= 4 is 0 Å². The molecule has 1 saturated carbocycles. The molecule has 28 heavy (non-hydrogen) atoms. The van der Waals surface area contributed by atoms with Gasteiger partial charge in [-0.1, -0.05) is 113 Å². The lowest BCUT2D eigenvalue weighted by Crippen LogP contribution is -2.25. The van der Waals surface area contributed by atoms with Crippen LogP contribution in [0.4, 0.5) is 0 Å². The molecule has 1 aliphatic carbocycles. The van der Waals surface area contributed by atoms with Crippen molar-refractivity contribution in [1.82, 2.24) is 4.98 Å². The minimum absolute atomic E-state index is 0.396. The predicted molar refractivity (Wildman–Crippen MR) is 130 cm³/mol. The Labute approximate surface area is 179 Å². The lowest BCUT2D eigenvalue weighted by Gasteiger charge is -2.33. The molecule has 0 aromatic carbocycles. The lowest BCUT2D eigenvalue weighted by atomic mass is 9.71. The van der Waals surface area contributed by atoms with E-state index in [1.54, 1.807) is 0 Å². The number of hydrogen-bond acceptors (Lipinski definition) is 1. The molecule has 166 valence electrons. The van der Waals surface area contributed by atoms with Crippen LogP contribution in [0.2, 0.25) is 0 Å². The second-order valence-electron chi connectivity index (χ2n) is 7.72. The van der Waals surface area contributed by atoms with Gasteiger partial charge in [0.2, 0.25) is 0 Å². The summed E-state index contributed by atoms with van der Waals surface area (Å²) in [7, 11) is 0. The van der Waals surface area contributed by atoms with Crippen LogP contribution in [0.25, 0.3) is 0 Å². The Kier molecular flexibility index (Phi) is 21.9. The quantitative estimate of drug-likeness (QED) is 0.382. The van der Waals surface area contributed by atoms with Gasteiger partial charge in [-0.3, -0.25) is 4.98 Å². The number of pyridine rings is 1. The van der Waals surface area contributed by atoms with Crippen molar-refractivity contribution in [3.8, 4) is 0 Å². The molecule has 1 atom stereocenters. The van der Waals surface area contributed by atoms with Gasteiger partial charge in [0.25, 0.3) is 0 Å². The number of hydrogen-bond donors (Lipinski definition) is 0. The van der Waals surface area contributed by atoms with Crippen LogP contribution in [-0.4, -0.2) is 4.98 Å². The van der Waals surface area contributed by atoms with Crippen LogP contribution in [0.3, 0.4) is 0 Å². The van der Waals surface area contributed by atoms with Gasteiger partial charge in [-0.05, 0) is 48.3 Å². The van der Waals surface area contributed by atoms with Gasteiger partial charge in [0, 0.05) is 12.4 Å². The summed E-state index contributed by atoms with van der Waals surface area (Å²) >= 11 is 0. The summed E-state index contributed by atoms with van der Waals surface area (Å²) in [5, 5.41) is 0. The van der Waals surface area contributed by atoms with Crippen molar-refractivity contribution in [2.24, 2.45) is 5.92 Å². The van der Waals surface area contributed by atoms with E-state index >= 15 is 0 Å². The maximum Gasteiger partial charge on any atom is 0.0270 e. The Hall–Kier alpha value is -0.850. The fourth-order valence-electron chi connectivity index (χ4n) is 4.35. The minimum Gasteiger partial charge on any atom is -0.265 e. The summed E-state index contributed by atoms with van der Waals surface area (Å²) in [4.78, 5) is 4.20. The van der Waals surface area contributed by atoms with Gasteiger partial charge in [-0.25, -0.2) is 0 Å². The number of aromatic nitrogens is 1. The van der Waals surface area contributed by atoms with Crippen LogP contribution in [0, 0.1) is 5.92 Å². The first kappa shape index (κ1) is 29.4. The summed E-state index contributed by atoms with van der Waals surface area (Å²) in [5.41, 5.74) is 1.91. The van der Waals surface area contributed by atoms with Gasteiger partial charge in [0.15, 0.2) is 0 Å². The molecule has 1 heterocycles. The molecule has 0 aliphatic heterocycles. The van der Waals surface area contributed by atoms with Crippen LogP contribution in [0.15, 0.2) is 24.5 Å².